The molecule has 0 heterocycles. The maximum atomic E-state index is 11.5. The van der Waals surface area contributed by atoms with Gasteiger partial charge in [0.1, 0.15) is 0 Å². The molecule has 13 heavy (non-hydrogen) atoms. The monoisotopic (exact) mass is 176 g/mol. The molecule has 1 heteroatoms. The third kappa shape index (κ3) is 1.18. The van der Waals surface area contributed by atoms with Gasteiger partial charge in [0.2, 0.25) is 0 Å². The summed E-state index contributed by atoms with van der Waals surface area (Å²) < 4.78 is 0. The van der Waals surface area contributed by atoms with E-state index >= 15 is 0 Å². The van der Waals surface area contributed by atoms with Crippen molar-refractivity contribution in [2.75, 3.05) is 0 Å². The Morgan fingerprint density at radius 3 is 2.15 bits per heavy atom. The molecule has 0 amide bonds. The number of hydrogen-bond donors (Lipinski definition) is 0. The zero-order valence-corrected chi connectivity index (χ0v) is 8.39. The Labute approximate surface area is 79.5 Å². The molecule has 0 aromatic rings. The van der Waals surface area contributed by atoms with Crippen molar-refractivity contribution >= 4 is 5.78 Å². The third-order valence-corrected chi connectivity index (χ3v) is 3.38. The highest BCUT2D eigenvalue weighted by Crippen LogP contribution is 2.50. The van der Waals surface area contributed by atoms with E-state index in [-0.39, 0.29) is 5.78 Å². The van der Waals surface area contributed by atoms with Gasteiger partial charge in [-0.15, -0.1) is 0 Å². The standard InChI is InChI=1S/C12H16O/c1-7(2)11-9-4-5-10(6-9)12(11)8(3)13/h9-10H,1,4-6H2,2-3H3. The first-order valence-corrected chi connectivity index (χ1v) is 5.02. The lowest BCUT2D eigenvalue weighted by atomic mass is 9.86. The van der Waals surface area contributed by atoms with E-state index in [2.05, 4.69) is 6.58 Å². The van der Waals surface area contributed by atoms with Crippen molar-refractivity contribution in [1.29, 1.82) is 0 Å². The zero-order valence-electron chi connectivity index (χ0n) is 8.39. The zero-order chi connectivity index (χ0) is 9.59. The van der Waals surface area contributed by atoms with Crippen LogP contribution in [0, 0.1) is 11.8 Å². The Hall–Kier alpha value is -0.850. The molecule has 70 valence electrons. The van der Waals surface area contributed by atoms with Gasteiger partial charge in [-0.25, -0.2) is 0 Å². The lowest BCUT2D eigenvalue weighted by molar-refractivity contribution is -0.114. The summed E-state index contributed by atoms with van der Waals surface area (Å²) in [5.41, 5.74) is 3.50. The normalized spacial score (nSPS) is 31.2. The molecule has 2 unspecified atom stereocenters. The largest absolute Gasteiger partial charge is 0.295 e. The van der Waals surface area contributed by atoms with Crippen molar-refractivity contribution in [2.24, 2.45) is 11.8 Å². The molecule has 2 aliphatic carbocycles. The fourth-order valence-electron chi connectivity index (χ4n) is 3.00. The van der Waals surface area contributed by atoms with Crippen LogP contribution in [0.15, 0.2) is 23.3 Å². The van der Waals surface area contributed by atoms with Crippen LogP contribution in [0.4, 0.5) is 0 Å². The number of ketones is 1. The van der Waals surface area contributed by atoms with Crippen molar-refractivity contribution in [2.45, 2.75) is 33.1 Å². The lowest BCUT2D eigenvalue weighted by Gasteiger charge is -2.17. The summed E-state index contributed by atoms with van der Waals surface area (Å²) in [6.07, 6.45) is 3.69. The van der Waals surface area contributed by atoms with Crippen LogP contribution >= 0.6 is 0 Å². The number of fused-ring (bicyclic) bond motifs is 2. The van der Waals surface area contributed by atoms with Gasteiger partial charge in [0.05, 0.1) is 0 Å². The fourth-order valence-corrected chi connectivity index (χ4v) is 3.00. The molecule has 0 spiro atoms. The summed E-state index contributed by atoms with van der Waals surface area (Å²) in [6, 6.07) is 0. The van der Waals surface area contributed by atoms with Crippen LogP contribution in [0.5, 0.6) is 0 Å². The highest BCUT2D eigenvalue weighted by molar-refractivity contribution is 5.96. The second-order valence-corrected chi connectivity index (χ2v) is 4.37. The topological polar surface area (TPSA) is 17.1 Å². The van der Waals surface area contributed by atoms with Gasteiger partial charge < -0.3 is 0 Å². The van der Waals surface area contributed by atoms with Crippen molar-refractivity contribution in [3.05, 3.63) is 23.3 Å². The van der Waals surface area contributed by atoms with Gasteiger partial charge in [0.15, 0.2) is 5.78 Å². The van der Waals surface area contributed by atoms with E-state index in [1.54, 1.807) is 6.92 Å². The first kappa shape index (κ1) is 8.74. The lowest BCUT2D eigenvalue weighted by Crippen LogP contribution is -2.10. The maximum Gasteiger partial charge on any atom is 0.156 e. The summed E-state index contributed by atoms with van der Waals surface area (Å²) in [5, 5.41) is 0. The molecule has 0 aromatic carbocycles. The number of rotatable bonds is 2. The molecule has 1 nitrogen and oxygen atoms in total. The molecule has 2 rings (SSSR count). The van der Waals surface area contributed by atoms with E-state index in [9.17, 15) is 4.79 Å². The maximum absolute atomic E-state index is 11.5. The smallest absolute Gasteiger partial charge is 0.156 e. The summed E-state index contributed by atoms with van der Waals surface area (Å²) >= 11 is 0. The van der Waals surface area contributed by atoms with Crippen molar-refractivity contribution in [1.82, 2.24) is 0 Å². The second kappa shape index (κ2) is 2.83. The molecule has 2 atom stereocenters. The number of allylic oxidation sites excluding steroid dienone is 3. The van der Waals surface area contributed by atoms with Gasteiger partial charge in [0.25, 0.3) is 0 Å². The van der Waals surface area contributed by atoms with Crippen LogP contribution in [0.2, 0.25) is 0 Å². The minimum Gasteiger partial charge on any atom is -0.295 e. The van der Waals surface area contributed by atoms with E-state index < -0.39 is 0 Å². The highest BCUT2D eigenvalue weighted by atomic mass is 16.1. The van der Waals surface area contributed by atoms with E-state index in [0.717, 1.165) is 11.1 Å². The Kier molecular flexibility index (Phi) is 1.90. The van der Waals surface area contributed by atoms with Gasteiger partial charge in [-0.05, 0) is 50.5 Å². The van der Waals surface area contributed by atoms with Crippen molar-refractivity contribution in [3.63, 3.8) is 0 Å². The predicted molar refractivity (Wildman–Crippen MR) is 53.4 cm³/mol. The molecule has 0 N–H and O–H groups in total. The summed E-state index contributed by atoms with van der Waals surface area (Å²) in [4.78, 5) is 11.5. The molecular formula is C12H16O. The quantitative estimate of drug-likeness (QED) is 0.632. The van der Waals surface area contributed by atoms with Crippen LogP contribution in [-0.2, 0) is 4.79 Å². The molecule has 0 radical (unpaired) electrons. The van der Waals surface area contributed by atoms with E-state index in [0.29, 0.717) is 11.8 Å². The number of Topliss-reactive ketones (excluding diaryl/α,β-unsaturated/α-hetero) is 1. The highest BCUT2D eigenvalue weighted by Gasteiger charge is 2.40. The Morgan fingerprint density at radius 1 is 1.23 bits per heavy atom. The van der Waals surface area contributed by atoms with Crippen LogP contribution in [-0.4, -0.2) is 5.78 Å². The van der Waals surface area contributed by atoms with Crippen molar-refractivity contribution < 1.29 is 4.79 Å². The fraction of sp³-hybridized carbons (Fsp3) is 0.583. The second-order valence-electron chi connectivity index (χ2n) is 4.37. The third-order valence-electron chi connectivity index (χ3n) is 3.38. The van der Waals surface area contributed by atoms with Gasteiger partial charge in [-0.2, -0.15) is 0 Å². The average molecular weight is 176 g/mol. The molecule has 0 aromatic heterocycles. The minimum atomic E-state index is 0.269. The van der Waals surface area contributed by atoms with Crippen LogP contribution in [0.3, 0.4) is 0 Å². The Balaban J connectivity index is 2.46. The van der Waals surface area contributed by atoms with E-state index in [1.165, 1.54) is 24.8 Å². The van der Waals surface area contributed by atoms with E-state index in [4.69, 9.17) is 0 Å². The molecule has 1 saturated carbocycles. The van der Waals surface area contributed by atoms with Gasteiger partial charge in [0, 0.05) is 5.57 Å². The average Bonchev–Trinajstić information content (AvgIpc) is 2.60. The SMILES string of the molecule is C=C(C)C1=C(C(C)=O)C2CCC1C2. The summed E-state index contributed by atoms with van der Waals surface area (Å²) in [6.45, 7) is 7.70. The molecule has 1 fully saturated rings. The Morgan fingerprint density at radius 2 is 1.77 bits per heavy atom. The van der Waals surface area contributed by atoms with E-state index in [1.807, 2.05) is 6.92 Å². The first-order chi connectivity index (χ1) is 6.11. The molecule has 2 aliphatic rings. The van der Waals surface area contributed by atoms with Crippen molar-refractivity contribution in [3.8, 4) is 0 Å². The van der Waals surface area contributed by atoms with Crippen LogP contribution in [0.1, 0.15) is 33.1 Å². The van der Waals surface area contributed by atoms with Crippen LogP contribution < -0.4 is 0 Å². The van der Waals surface area contributed by atoms with Gasteiger partial charge >= 0.3 is 0 Å². The molecule has 0 saturated heterocycles. The van der Waals surface area contributed by atoms with Gasteiger partial charge in [-0.3, -0.25) is 4.79 Å². The predicted octanol–water partition coefficient (Wildman–Crippen LogP) is 2.88. The number of hydrogen-bond acceptors (Lipinski definition) is 1. The summed E-state index contributed by atoms with van der Waals surface area (Å²) in [7, 11) is 0. The Bertz CT molecular complexity index is 279. The van der Waals surface area contributed by atoms with Crippen LogP contribution in [0.25, 0.3) is 0 Å². The van der Waals surface area contributed by atoms with Gasteiger partial charge in [-0.1, -0.05) is 12.2 Å². The molecule has 0 aliphatic heterocycles. The summed E-state index contributed by atoms with van der Waals surface area (Å²) in [5.74, 6) is 1.49. The first-order valence-electron chi connectivity index (χ1n) is 5.02. The number of carbonyl (C=O) groups is 1. The number of carbonyl (C=O) groups excluding carboxylic acids is 1. The minimum absolute atomic E-state index is 0.269. The molecule has 2 bridgehead atoms. The molecular weight excluding hydrogens is 160 g/mol.